The molecule has 2 atom stereocenters. The maximum absolute atomic E-state index is 13.2. The Hall–Kier alpha value is -0.930. The number of nitrogens with zero attached hydrogens (tertiary/aromatic N) is 1. The fraction of sp³-hybridized carbons (Fsp3) is 0.600. The summed E-state index contributed by atoms with van der Waals surface area (Å²) >= 11 is 0. The molecule has 1 heterocycles. The number of likely N-dealkylation sites (tertiary alicyclic amines) is 1. The second kappa shape index (κ2) is 5.81. The number of halogens is 1. The third-order valence-electron chi connectivity index (χ3n) is 4.20. The van der Waals surface area contributed by atoms with Crippen LogP contribution < -0.4 is 5.73 Å². The van der Waals surface area contributed by atoms with Crippen molar-refractivity contribution in [3.63, 3.8) is 0 Å². The quantitative estimate of drug-likeness (QED) is 0.893. The van der Waals surface area contributed by atoms with Crippen LogP contribution in [0.2, 0.25) is 0 Å². The predicted molar refractivity (Wildman–Crippen MR) is 72.5 cm³/mol. The van der Waals surface area contributed by atoms with Crippen LogP contribution in [-0.2, 0) is 13.1 Å². The van der Waals surface area contributed by atoms with Crippen LogP contribution in [0.1, 0.15) is 31.4 Å². The van der Waals surface area contributed by atoms with Crippen molar-refractivity contribution in [1.82, 2.24) is 4.90 Å². The number of nitrogens with two attached hydrogens (primary N) is 1. The lowest BCUT2D eigenvalue weighted by Gasteiger charge is -2.35. The molecule has 0 spiro atoms. The molecule has 1 saturated heterocycles. The number of piperidine rings is 1. The Balaban J connectivity index is 2.05. The Morgan fingerprint density at radius 1 is 1.28 bits per heavy atom. The zero-order valence-corrected chi connectivity index (χ0v) is 11.3. The number of rotatable bonds is 3. The van der Waals surface area contributed by atoms with Crippen LogP contribution in [0.4, 0.5) is 4.39 Å². The van der Waals surface area contributed by atoms with Crippen LogP contribution in [0, 0.1) is 17.7 Å². The first kappa shape index (κ1) is 13.5. The molecular weight excluding hydrogens is 227 g/mol. The first-order valence-electron chi connectivity index (χ1n) is 6.80. The van der Waals surface area contributed by atoms with Gasteiger partial charge in [0.15, 0.2) is 0 Å². The summed E-state index contributed by atoms with van der Waals surface area (Å²) in [5.74, 6) is 1.35. The fourth-order valence-electron chi connectivity index (χ4n) is 2.67. The van der Waals surface area contributed by atoms with Gasteiger partial charge in [0.1, 0.15) is 5.82 Å². The maximum Gasteiger partial charge on any atom is 0.123 e. The van der Waals surface area contributed by atoms with Crippen molar-refractivity contribution >= 4 is 0 Å². The average Bonchev–Trinajstić information content (AvgIpc) is 2.36. The lowest BCUT2D eigenvalue weighted by molar-refractivity contribution is 0.132. The van der Waals surface area contributed by atoms with E-state index in [9.17, 15) is 4.39 Å². The molecular formula is C15H23FN2. The third-order valence-corrected chi connectivity index (χ3v) is 4.20. The largest absolute Gasteiger partial charge is 0.326 e. The third kappa shape index (κ3) is 3.09. The van der Waals surface area contributed by atoms with E-state index in [0.29, 0.717) is 6.54 Å². The van der Waals surface area contributed by atoms with E-state index in [1.165, 1.54) is 18.1 Å². The van der Waals surface area contributed by atoms with Crippen molar-refractivity contribution in [2.45, 2.75) is 33.4 Å². The zero-order valence-electron chi connectivity index (χ0n) is 11.3. The van der Waals surface area contributed by atoms with Crippen molar-refractivity contribution in [2.75, 3.05) is 13.1 Å². The normalized spacial score (nSPS) is 25.3. The van der Waals surface area contributed by atoms with Gasteiger partial charge in [0.05, 0.1) is 0 Å². The summed E-state index contributed by atoms with van der Waals surface area (Å²) in [5.41, 5.74) is 7.79. The van der Waals surface area contributed by atoms with E-state index in [0.717, 1.165) is 37.0 Å². The van der Waals surface area contributed by atoms with E-state index >= 15 is 0 Å². The Kier molecular flexibility index (Phi) is 4.36. The molecule has 0 aromatic heterocycles. The van der Waals surface area contributed by atoms with Gasteiger partial charge in [0.2, 0.25) is 0 Å². The molecule has 100 valence electrons. The van der Waals surface area contributed by atoms with E-state index in [2.05, 4.69) is 18.7 Å². The van der Waals surface area contributed by atoms with Crippen LogP contribution in [0.5, 0.6) is 0 Å². The zero-order chi connectivity index (χ0) is 13.1. The molecule has 0 aliphatic carbocycles. The lowest BCUT2D eigenvalue weighted by atomic mass is 9.88. The van der Waals surface area contributed by atoms with Gasteiger partial charge in [-0.2, -0.15) is 0 Å². The fourth-order valence-corrected chi connectivity index (χ4v) is 2.67. The molecule has 0 saturated carbocycles. The Morgan fingerprint density at radius 2 is 2.06 bits per heavy atom. The molecule has 2 N–H and O–H groups in total. The Labute approximate surface area is 109 Å². The molecule has 2 nitrogen and oxygen atoms in total. The second-order valence-electron chi connectivity index (χ2n) is 5.60. The molecule has 1 aromatic carbocycles. The number of hydrogen-bond donors (Lipinski definition) is 1. The molecule has 18 heavy (non-hydrogen) atoms. The summed E-state index contributed by atoms with van der Waals surface area (Å²) in [6.07, 6.45) is 1.25. The predicted octanol–water partition coefficient (Wildman–Crippen LogP) is 2.76. The molecule has 1 aliphatic rings. The molecule has 0 radical (unpaired) electrons. The smallest absolute Gasteiger partial charge is 0.123 e. The summed E-state index contributed by atoms with van der Waals surface area (Å²) < 4.78 is 13.2. The van der Waals surface area contributed by atoms with Crippen molar-refractivity contribution in [3.8, 4) is 0 Å². The van der Waals surface area contributed by atoms with Crippen molar-refractivity contribution in [1.29, 1.82) is 0 Å². The van der Waals surface area contributed by atoms with Crippen LogP contribution in [-0.4, -0.2) is 18.0 Å². The first-order chi connectivity index (χ1) is 8.60. The monoisotopic (exact) mass is 250 g/mol. The van der Waals surface area contributed by atoms with Gasteiger partial charge in [0.25, 0.3) is 0 Å². The SMILES string of the molecule is CC1CCN(Cc2ccc(F)cc2CN)CC1C. The van der Waals surface area contributed by atoms with Crippen molar-refractivity contribution < 1.29 is 4.39 Å². The molecule has 2 rings (SSSR count). The van der Waals surface area contributed by atoms with Gasteiger partial charge >= 0.3 is 0 Å². The number of hydrogen-bond acceptors (Lipinski definition) is 2. The topological polar surface area (TPSA) is 29.3 Å². The van der Waals surface area contributed by atoms with E-state index in [4.69, 9.17) is 5.73 Å². The highest BCUT2D eigenvalue weighted by molar-refractivity contribution is 5.27. The summed E-state index contributed by atoms with van der Waals surface area (Å²) in [6.45, 7) is 8.20. The molecule has 0 bridgehead atoms. The minimum absolute atomic E-state index is 0.195. The van der Waals surface area contributed by atoms with Gasteiger partial charge in [0, 0.05) is 19.6 Å². The highest BCUT2D eigenvalue weighted by Crippen LogP contribution is 2.24. The standard InChI is InChI=1S/C15H23FN2/c1-11-5-6-18(9-12(11)2)10-13-3-4-15(16)7-14(13)8-17/h3-4,7,11-12H,5-6,8-10,17H2,1-2H3. The van der Waals surface area contributed by atoms with Gasteiger partial charge in [-0.15, -0.1) is 0 Å². The number of benzene rings is 1. The van der Waals surface area contributed by atoms with Gasteiger partial charge < -0.3 is 5.73 Å². The van der Waals surface area contributed by atoms with Crippen LogP contribution in [0.15, 0.2) is 18.2 Å². The van der Waals surface area contributed by atoms with E-state index in [1.54, 1.807) is 6.07 Å². The highest BCUT2D eigenvalue weighted by Gasteiger charge is 2.22. The van der Waals surface area contributed by atoms with Crippen molar-refractivity contribution in [2.24, 2.45) is 17.6 Å². The minimum Gasteiger partial charge on any atom is -0.326 e. The van der Waals surface area contributed by atoms with E-state index < -0.39 is 0 Å². The highest BCUT2D eigenvalue weighted by atomic mass is 19.1. The van der Waals surface area contributed by atoms with Gasteiger partial charge in [-0.1, -0.05) is 19.9 Å². The Morgan fingerprint density at radius 3 is 2.72 bits per heavy atom. The molecule has 2 unspecified atom stereocenters. The molecule has 0 amide bonds. The first-order valence-corrected chi connectivity index (χ1v) is 6.80. The van der Waals surface area contributed by atoms with Crippen molar-refractivity contribution in [3.05, 3.63) is 35.1 Å². The molecule has 3 heteroatoms. The summed E-state index contributed by atoms with van der Waals surface area (Å²) in [6, 6.07) is 4.97. The van der Waals surface area contributed by atoms with Gasteiger partial charge in [-0.3, -0.25) is 4.90 Å². The average molecular weight is 250 g/mol. The second-order valence-corrected chi connectivity index (χ2v) is 5.60. The Bertz CT molecular complexity index is 405. The van der Waals surface area contributed by atoms with Crippen LogP contribution >= 0.6 is 0 Å². The van der Waals surface area contributed by atoms with Gasteiger partial charge in [-0.05, 0) is 48.1 Å². The molecule has 1 aromatic rings. The van der Waals surface area contributed by atoms with E-state index in [-0.39, 0.29) is 5.82 Å². The molecule has 1 fully saturated rings. The van der Waals surface area contributed by atoms with E-state index in [1.807, 2.05) is 6.07 Å². The minimum atomic E-state index is -0.195. The summed E-state index contributed by atoms with van der Waals surface area (Å²) in [5, 5.41) is 0. The maximum atomic E-state index is 13.2. The summed E-state index contributed by atoms with van der Waals surface area (Å²) in [7, 11) is 0. The lowest BCUT2D eigenvalue weighted by Crippen LogP contribution is -2.38. The van der Waals surface area contributed by atoms with Crippen LogP contribution in [0.25, 0.3) is 0 Å². The van der Waals surface area contributed by atoms with Crippen LogP contribution in [0.3, 0.4) is 0 Å². The summed E-state index contributed by atoms with van der Waals surface area (Å²) in [4.78, 5) is 2.46. The molecule has 1 aliphatic heterocycles. The van der Waals surface area contributed by atoms with Gasteiger partial charge in [-0.25, -0.2) is 4.39 Å².